The topological polar surface area (TPSA) is 73.9 Å². The maximum atomic E-state index is 13.1. The first-order valence-electron chi connectivity index (χ1n) is 9.22. The van der Waals surface area contributed by atoms with E-state index >= 15 is 0 Å². The van der Waals surface area contributed by atoms with Crippen molar-refractivity contribution < 1.29 is 18.7 Å². The van der Waals surface area contributed by atoms with Gasteiger partial charge in [0.2, 0.25) is 5.91 Å². The summed E-state index contributed by atoms with van der Waals surface area (Å²) in [5.74, 6) is 0.786. The molecule has 0 bridgehead atoms. The summed E-state index contributed by atoms with van der Waals surface area (Å²) < 4.78 is 17.5. The first kappa shape index (κ1) is 18.2. The Hall–Kier alpha value is -3.22. The number of benzene rings is 2. The quantitative estimate of drug-likeness (QED) is 0.678. The molecule has 1 saturated heterocycles. The second-order valence-electron chi connectivity index (χ2n) is 6.77. The van der Waals surface area contributed by atoms with Crippen LogP contribution in [0.4, 0.5) is 0 Å². The number of nitrogens with zero attached hydrogens (tertiary/aromatic N) is 2. The molecule has 1 fully saturated rings. The zero-order valence-electron chi connectivity index (χ0n) is 15.9. The smallest absolute Gasteiger partial charge is 0.420 e. The molecule has 7 heteroatoms. The fourth-order valence-corrected chi connectivity index (χ4v) is 3.88. The van der Waals surface area contributed by atoms with Gasteiger partial charge in [0.05, 0.1) is 25.8 Å². The number of carbonyl (C=O) groups excluding carboxylic acids is 1. The number of methoxy groups -OCH3 is 2. The molecule has 7 nitrogen and oxygen atoms in total. The highest BCUT2D eigenvalue weighted by atomic mass is 16.5. The standard InChI is InChI=1S/C21H22N2O5/c1-26-14-9-10-18(27-2)15(12-14)16-7-5-11-22(16)20(24)13-23-17-6-3-4-8-19(17)28-21(23)25/h3-4,6,8-10,12,16H,5,7,11,13H2,1-2H3. The van der Waals surface area contributed by atoms with Crippen molar-refractivity contribution in [2.75, 3.05) is 20.8 Å². The molecule has 0 radical (unpaired) electrons. The van der Waals surface area contributed by atoms with Crippen LogP contribution in [-0.2, 0) is 11.3 Å². The highest BCUT2D eigenvalue weighted by Crippen LogP contribution is 2.39. The zero-order valence-corrected chi connectivity index (χ0v) is 15.9. The normalized spacial score (nSPS) is 16.5. The van der Waals surface area contributed by atoms with Crippen molar-refractivity contribution in [3.05, 3.63) is 58.6 Å². The van der Waals surface area contributed by atoms with Gasteiger partial charge in [-0.25, -0.2) is 4.79 Å². The van der Waals surface area contributed by atoms with E-state index in [1.54, 1.807) is 32.4 Å². The van der Waals surface area contributed by atoms with Gasteiger partial charge in [-0.15, -0.1) is 0 Å². The number of oxazole rings is 1. The largest absolute Gasteiger partial charge is 0.497 e. The van der Waals surface area contributed by atoms with Crippen molar-refractivity contribution in [2.24, 2.45) is 0 Å². The third kappa shape index (κ3) is 3.13. The summed E-state index contributed by atoms with van der Waals surface area (Å²) in [5, 5.41) is 0. The zero-order chi connectivity index (χ0) is 19.7. The lowest BCUT2D eigenvalue weighted by molar-refractivity contribution is -0.132. The van der Waals surface area contributed by atoms with Crippen LogP contribution in [0.1, 0.15) is 24.4 Å². The summed E-state index contributed by atoms with van der Waals surface area (Å²) in [6, 6.07) is 12.6. The van der Waals surface area contributed by atoms with Gasteiger partial charge in [-0.05, 0) is 43.2 Å². The number of hydrogen-bond acceptors (Lipinski definition) is 5. The molecule has 0 N–H and O–H groups in total. The van der Waals surface area contributed by atoms with E-state index in [-0.39, 0.29) is 18.5 Å². The third-order valence-corrected chi connectivity index (χ3v) is 5.24. The minimum atomic E-state index is -0.524. The lowest BCUT2D eigenvalue weighted by Crippen LogP contribution is -2.35. The van der Waals surface area contributed by atoms with Gasteiger partial charge < -0.3 is 18.8 Å². The van der Waals surface area contributed by atoms with Crippen LogP contribution in [0.25, 0.3) is 11.1 Å². The van der Waals surface area contributed by atoms with Crippen LogP contribution in [0, 0.1) is 0 Å². The summed E-state index contributed by atoms with van der Waals surface area (Å²) in [4.78, 5) is 27.1. The summed E-state index contributed by atoms with van der Waals surface area (Å²) in [6.45, 7) is 0.576. The lowest BCUT2D eigenvalue weighted by atomic mass is 10.0. The van der Waals surface area contributed by atoms with E-state index in [1.807, 2.05) is 29.2 Å². The van der Waals surface area contributed by atoms with Crippen LogP contribution in [0.2, 0.25) is 0 Å². The molecule has 146 valence electrons. The second-order valence-corrected chi connectivity index (χ2v) is 6.77. The Balaban J connectivity index is 1.64. The van der Waals surface area contributed by atoms with Gasteiger partial charge in [0.25, 0.3) is 0 Å². The number of rotatable bonds is 5. The van der Waals surface area contributed by atoms with Gasteiger partial charge in [0.15, 0.2) is 5.58 Å². The molecule has 28 heavy (non-hydrogen) atoms. The van der Waals surface area contributed by atoms with Crippen LogP contribution in [0.3, 0.4) is 0 Å². The van der Waals surface area contributed by atoms with Crippen LogP contribution in [-0.4, -0.2) is 36.1 Å². The average molecular weight is 382 g/mol. The fourth-order valence-electron chi connectivity index (χ4n) is 3.88. The van der Waals surface area contributed by atoms with Gasteiger partial charge in [-0.1, -0.05) is 12.1 Å². The van der Waals surface area contributed by atoms with Crippen molar-refractivity contribution in [3.63, 3.8) is 0 Å². The summed E-state index contributed by atoms with van der Waals surface area (Å²) in [6.07, 6.45) is 1.72. The van der Waals surface area contributed by atoms with E-state index < -0.39 is 5.76 Å². The van der Waals surface area contributed by atoms with Gasteiger partial charge >= 0.3 is 5.76 Å². The number of aromatic nitrogens is 1. The molecule has 0 spiro atoms. The van der Waals surface area contributed by atoms with E-state index in [9.17, 15) is 9.59 Å². The molecule has 1 aliphatic rings. The molecule has 2 aromatic carbocycles. The Morgan fingerprint density at radius 2 is 2.00 bits per heavy atom. The van der Waals surface area contributed by atoms with Crippen LogP contribution in [0.5, 0.6) is 11.5 Å². The molecule has 1 amide bonds. The van der Waals surface area contributed by atoms with Gasteiger partial charge in [-0.2, -0.15) is 0 Å². The SMILES string of the molecule is COc1ccc(OC)c(C2CCCN2C(=O)Cn2c(=O)oc3ccccc32)c1. The molecule has 3 aromatic rings. The van der Waals surface area contributed by atoms with Crippen LogP contribution in [0.15, 0.2) is 51.7 Å². The van der Waals surface area contributed by atoms with Crippen molar-refractivity contribution >= 4 is 17.0 Å². The number of ether oxygens (including phenoxy) is 2. The van der Waals surface area contributed by atoms with E-state index in [0.29, 0.717) is 23.4 Å². The van der Waals surface area contributed by atoms with Crippen LogP contribution < -0.4 is 15.2 Å². The molecular weight excluding hydrogens is 360 g/mol. The van der Waals surface area contributed by atoms with Crippen molar-refractivity contribution in [2.45, 2.75) is 25.4 Å². The van der Waals surface area contributed by atoms with E-state index in [4.69, 9.17) is 13.9 Å². The maximum Gasteiger partial charge on any atom is 0.420 e. The average Bonchev–Trinajstić information content (AvgIpc) is 3.32. The first-order valence-corrected chi connectivity index (χ1v) is 9.22. The third-order valence-electron chi connectivity index (χ3n) is 5.24. The highest BCUT2D eigenvalue weighted by Gasteiger charge is 2.32. The van der Waals surface area contributed by atoms with E-state index in [0.717, 1.165) is 24.2 Å². The molecular formula is C21H22N2O5. The van der Waals surface area contributed by atoms with E-state index in [2.05, 4.69) is 0 Å². The Morgan fingerprint density at radius 3 is 2.79 bits per heavy atom. The molecule has 0 aliphatic carbocycles. The fraction of sp³-hybridized carbons (Fsp3) is 0.333. The summed E-state index contributed by atoms with van der Waals surface area (Å²) in [5.41, 5.74) is 2.01. The molecule has 1 aromatic heterocycles. The van der Waals surface area contributed by atoms with Gasteiger partial charge in [0, 0.05) is 12.1 Å². The minimum absolute atomic E-state index is 0.0569. The van der Waals surface area contributed by atoms with Crippen LogP contribution >= 0.6 is 0 Å². The van der Waals surface area contributed by atoms with Gasteiger partial charge in [-0.3, -0.25) is 9.36 Å². The molecule has 4 rings (SSSR count). The predicted molar refractivity (Wildman–Crippen MR) is 104 cm³/mol. The molecule has 1 unspecified atom stereocenters. The number of carbonyl (C=O) groups is 1. The van der Waals surface area contributed by atoms with Crippen molar-refractivity contribution in [1.82, 2.24) is 9.47 Å². The van der Waals surface area contributed by atoms with Crippen molar-refractivity contribution in [3.8, 4) is 11.5 Å². The predicted octanol–water partition coefficient (Wildman–Crippen LogP) is 2.98. The number of fused-ring (bicyclic) bond motifs is 1. The second kappa shape index (κ2) is 7.42. The molecule has 1 atom stereocenters. The van der Waals surface area contributed by atoms with E-state index in [1.165, 1.54) is 4.57 Å². The molecule has 1 aliphatic heterocycles. The van der Waals surface area contributed by atoms with Crippen molar-refractivity contribution in [1.29, 1.82) is 0 Å². The monoisotopic (exact) mass is 382 g/mol. The number of hydrogen-bond donors (Lipinski definition) is 0. The first-order chi connectivity index (χ1) is 13.6. The summed E-state index contributed by atoms with van der Waals surface area (Å²) in [7, 11) is 3.23. The minimum Gasteiger partial charge on any atom is -0.497 e. The highest BCUT2D eigenvalue weighted by molar-refractivity contribution is 5.80. The Bertz CT molecular complexity index is 1070. The number of para-hydroxylation sites is 2. The molecule has 0 saturated carbocycles. The lowest BCUT2D eigenvalue weighted by Gasteiger charge is -2.26. The summed E-state index contributed by atoms with van der Waals surface area (Å²) >= 11 is 0. The Morgan fingerprint density at radius 1 is 1.18 bits per heavy atom. The number of amides is 1. The van der Waals surface area contributed by atoms with Gasteiger partial charge in [0.1, 0.15) is 18.0 Å². The maximum absolute atomic E-state index is 13.1. The Labute approximate surface area is 162 Å². The Kier molecular flexibility index (Phi) is 4.81. The molecule has 2 heterocycles. The number of likely N-dealkylation sites (tertiary alicyclic amines) is 1.